The van der Waals surface area contributed by atoms with Crippen molar-refractivity contribution in [2.45, 2.75) is 58.2 Å². The molecule has 0 radical (unpaired) electrons. The van der Waals surface area contributed by atoms with Gasteiger partial charge in [-0.2, -0.15) is 0 Å². The highest BCUT2D eigenvalue weighted by atomic mass is 32.2. The zero-order valence-corrected chi connectivity index (χ0v) is 11.2. The van der Waals surface area contributed by atoms with Crippen molar-refractivity contribution in [3.8, 4) is 0 Å². The molecule has 0 aromatic rings. The van der Waals surface area contributed by atoms with Crippen molar-refractivity contribution >= 4 is 9.84 Å². The van der Waals surface area contributed by atoms with E-state index in [9.17, 15) is 8.42 Å². The van der Waals surface area contributed by atoms with Gasteiger partial charge in [-0.1, -0.05) is 20.3 Å². The van der Waals surface area contributed by atoms with E-state index in [2.05, 4.69) is 19.2 Å². The molecule has 1 atom stereocenters. The zero-order chi connectivity index (χ0) is 11.9. The Balaban J connectivity index is 3.87. The van der Waals surface area contributed by atoms with Crippen LogP contribution in [0.1, 0.15) is 47.0 Å². The van der Waals surface area contributed by atoms with E-state index in [0.29, 0.717) is 12.6 Å². The van der Waals surface area contributed by atoms with Crippen molar-refractivity contribution in [1.29, 1.82) is 0 Å². The molecule has 0 aliphatic rings. The molecule has 0 spiro atoms. The maximum atomic E-state index is 11.5. The number of hydrogen-bond acceptors (Lipinski definition) is 3. The van der Waals surface area contributed by atoms with Crippen LogP contribution in [0.5, 0.6) is 0 Å². The summed E-state index contributed by atoms with van der Waals surface area (Å²) < 4.78 is 23.0. The zero-order valence-electron chi connectivity index (χ0n) is 10.4. The van der Waals surface area contributed by atoms with Crippen molar-refractivity contribution in [3.63, 3.8) is 0 Å². The highest BCUT2D eigenvalue weighted by Gasteiger charge is 2.15. The van der Waals surface area contributed by atoms with Gasteiger partial charge in [0.15, 0.2) is 9.84 Å². The van der Waals surface area contributed by atoms with E-state index in [4.69, 9.17) is 0 Å². The van der Waals surface area contributed by atoms with E-state index in [-0.39, 0.29) is 11.0 Å². The first-order valence-corrected chi connectivity index (χ1v) is 7.60. The van der Waals surface area contributed by atoms with Crippen LogP contribution in [-0.2, 0) is 9.84 Å². The molecule has 15 heavy (non-hydrogen) atoms. The number of sulfone groups is 1. The Morgan fingerprint density at radius 3 is 2.20 bits per heavy atom. The second-order valence-corrected chi connectivity index (χ2v) is 6.94. The third kappa shape index (κ3) is 6.15. The minimum Gasteiger partial charge on any atom is -0.313 e. The Hall–Kier alpha value is -0.0900. The Labute approximate surface area is 94.6 Å². The van der Waals surface area contributed by atoms with Crippen molar-refractivity contribution in [2.75, 3.05) is 12.3 Å². The minimum absolute atomic E-state index is 0.255. The lowest BCUT2D eigenvalue weighted by Crippen LogP contribution is -2.34. The van der Waals surface area contributed by atoms with Crippen LogP contribution in [0.2, 0.25) is 0 Å². The van der Waals surface area contributed by atoms with Crippen molar-refractivity contribution in [3.05, 3.63) is 0 Å². The minimum atomic E-state index is -2.88. The summed E-state index contributed by atoms with van der Waals surface area (Å²) in [4.78, 5) is 0. The second kappa shape index (κ2) is 7.23. The average molecular weight is 235 g/mol. The number of hydrogen-bond donors (Lipinski definition) is 1. The van der Waals surface area contributed by atoms with E-state index < -0.39 is 9.84 Å². The van der Waals surface area contributed by atoms with Gasteiger partial charge in [0.05, 0.1) is 11.0 Å². The summed E-state index contributed by atoms with van der Waals surface area (Å²) in [5.41, 5.74) is 0. The molecule has 4 heteroatoms. The normalized spacial score (nSPS) is 14.5. The van der Waals surface area contributed by atoms with Crippen molar-refractivity contribution < 1.29 is 8.42 Å². The summed E-state index contributed by atoms with van der Waals surface area (Å²) in [6.07, 6.45) is 3.33. The van der Waals surface area contributed by atoms with Gasteiger partial charge in [-0.25, -0.2) is 8.42 Å². The monoisotopic (exact) mass is 235 g/mol. The molecular weight excluding hydrogens is 210 g/mol. The van der Waals surface area contributed by atoms with E-state index in [1.165, 1.54) is 0 Å². The van der Waals surface area contributed by atoms with Gasteiger partial charge in [-0.15, -0.1) is 0 Å². The third-order valence-corrected chi connectivity index (χ3v) is 4.88. The van der Waals surface area contributed by atoms with Crippen molar-refractivity contribution in [2.24, 2.45) is 0 Å². The van der Waals surface area contributed by atoms with E-state index >= 15 is 0 Å². The fraction of sp³-hybridized carbons (Fsp3) is 1.00. The lowest BCUT2D eigenvalue weighted by atomic mass is 10.1. The summed E-state index contributed by atoms with van der Waals surface area (Å²) in [5.74, 6) is 0.255. The Morgan fingerprint density at radius 2 is 1.80 bits per heavy atom. The van der Waals surface area contributed by atoms with Gasteiger partial charge in [-0.05, 0) is 26.7 Å². The fourth-order valence-electron chi connectivity index (χ4n) is 1.44. The van der Waals surface area contributed by atoms with Crippen molar-refractivity contribution in [1.82, 2.24) is 5.32 Å². The number of rotatable bonds is 8. The molecule has 0 aliphatic heterocycles. The molecule has 0 amide bonds. The molecule has 1 N–H and O–H groups in total. The molecule has 0 aromatic heterocycles. The average Bonchev–Trinajstić information content (AvgIpc) is 2.16. The van der Waals surface area contributed by atoms with Crippen LogP contribution in [0.4, 0.5) is 0 Å². The van der Waals surface area contributed by atoms with Gasteiger partial charge in [0.2, 0.25) is 0 Å². The van der Waals surface area contributed by atoms with Crippen LogP contribution in [0, 0.1) is 0 Å². The first kappa shape index (κ1) is 14.9. The van der Waals surface area contributed by atoms with Crippen LogP contribution in [-0.4, -0.2) is 32.0 Å². The van der Waals surface area contributed by atoms with Crippen LogP contribution in [0.3, 0.4) is 0 Å². The van der Waals surface area contributed by atoms with Gasteiger partial charge in [0, 0.05) is 12.6 Å². The Morgan fingerprint density at radius 1 is 1.20 bits per heavy atom. The maximum absolute atomic E-state index is 11.5. The molecule has 0 heterocycles. The predicted molar refractivity (Wildman–Crippen MR) is 65.9 cm³/mol. The van der Waals surface area contributed by atoms with E-state index in [1.54, 1.807) is 13.8 Å². The fourth-order valence-corrected chi connectivity index (χ4v) is 2.31. The van der Waals surface area contributed by atoms with Gasteiger partial charge in [0.1, 0.15) is 0 Å². The molecule has 92 valence electrons. The molecule has 0 aromatic carbocycles. The topological polar surface area (TPSA) is 46.2 Å². The smallest absolute Gasteiger partial charge is 0.153 e. The maximum Gasteiger partial charge on any atom is 0.153 e. The Kier molecular flexibility index (Phi) is 7.18. The number of nitrogens with one attached hydrogen (secondary N) is 1. The summed E-state index contributed by atoms with van der Waals surface area (Å²) in [5, 5.41) is 3.04. The third-order valence-electron chi connectivity index (χ3n) is 2.67. The highest BCUT2D eigenvalue weighted by Crippen LogP contribution is 2.02. The van der Waals surface area contributed by atoms with Gasteiger partial charge in [-0.3, -0.25) is 0 Å². The molecule has 0 fully saturated rings. The lowest BCUT2D eigenvalue weighted by Gasteiger charge is -2.16. The van der Waals surface area contributed by atoms with Crippen LogP contribution < -0.4 is 5.32 Å². The molecule has 0 aliphatic carbocycles. The Bertz CT molecular complexity index is 247. The van der Waals surface area contributed by atoms with Gasteiger partial charge < -0.3 is 5.32 Å². The van der Waals surface area contributed by atoms with Crippen LogP contribution in [0.15, 0.2) is 0 Å². The standard InChI is InChI=1S/C11H25NO2S/c1-5-7-11(6-2)12-8-9-15(13,14)10(3)4/h10-12H,5-9H2,1-4H3. The summed E-state index contributed by atoms with van der Waals surface area (Å²) >= 11 is 0. The molecule has 0 saturated heterocycles. The van der Waals surface area contributed by atoms with Gasteiger partial charge >= 0.3 is 0 Å². The second-order valence-electron chi connectivity index (χ2n) is 4.26. The van der Waals surface area contributed by atoms with Crippen LogP contribution in [0.25, 0.3) is 0 Å². The van der Waals surface area contributed by atoms with Gasteiger partial charge in [0.25, 0.3) is 0 Å². The quantitative estimate of drug-likeness (QED) is 0.700. The molecule has 0 saturated carbocycles. The first-order chi connectivity index (χ1) is 6.94. The largest absolute Gasteiger partial charge is 0.313 e. The predicted octanol–water partition coefficient (Wildman–Crippen LogP) is 1.98. The molecular formula is C11H25NO2S. The molecule has 0 bridgehead atoms. The molecule has 0 rings (SSSR count). The van der Waals surface area contributed by atoms with E-state index in [0.717, 1.165) is 19.3 Å². The van der Waals surface area contributed by atoms with E-state index in [1.807, 2.05) is 0 Å². The molecule has 3 nitrogen and oxygen atoms in total. The summed E-state index contributed by atoms with van der Waals surface area (Å²) in [7, 11) is -2.88. The first-order valence-electron chi connectivity index (χ1n) is 5.89. The summed E-state index contributed by atoms with van der Waals surface area (Å²) in [6.45, 7) is 8.33. The SMILES string of the molecule is CCCC(CC)NCCS(=O)(=O)C(C)C. The summed E-state index contributed by atoms with van der Waals surface area (Å²) in [6, 6.07) is 0.470. The van der Waals surface area contributed by atoms with Crippen LogP contribution >= 0.6 is 0 Å². The lowest BCUT2D eigenvalue weighted by molar-refractivity contribution is 0.474. The molecule has 1 unspecified atom stereocenters. The highest BCUT2D eigenvalue weighted by molar-refractivity contribution is 7.92.